The van der Waals surface area contributed by atoms with Crippen LogP contribution < -0.4 is 5.32 Å². The molecule has 2 aromatic carbocycles. The Morgan fingerprint density at radius 2 is 1.80 bits per heavy atom. The number of para-hydroxylation sites is 1. The zero-order valence-electron chi connectivity index (χ0n) is 13.0. The van der Waals surface area contributed by atoms with Gasteiger partial charge >= 0.3 is 0 Å². The van der Waals surface area contributed by atoms with Gasteiger partial charge in [-0.2, -0.15) is 0 Å². The number of halogens is 2. The topological polar surface area (TPSA) is 80.0 Å². The summed E-state index contributed by atoms with van der Waals surface area (Å²) in [7, 11) is 0. The fourth-order valence-electron chi connectivity index (χ4n) is 2.21. The van der Waals surface area contributed by atoms with Crippen LogP contribution in [0.4, 0.5) is 8.78 Å². The maximum absolute atomic E-state index is 13.8. The van der Waals surface area contributed by atoms with Gasteiger partial charge in [-0.15, -0.1) is 15.0 Å². The fourth-order valence-corrected chi connectivity index (χ4v) is 2.21. The summed E-state index contributed by atoms with van der Waals surface area (Å²) < 4.78 is 26.7. The molecule has 2 N–H and O–H groups in total. The highest BCUT2D eigenvalue weighted by molar-refractivity contribution is 5.93. The molecule has 3 rings (SSSR count). The molecule has 25 heavy (non-hydrogen) atoms. The van der Waals surface area contributed by atoms with Crippen molar-refractivity contribution in [2.24, 2.45) is 0 Å². The van der Waals surface area contributed by atoms with E-state index in [-0.39, 0.29) is 29.4 Å². The Morgan fingerprint density at radius 1 is 1.08 bits per heavy atom. The van der Waals surface area contributed by atoms with Crippen LogP contribution in [0.15, 0.2) is 48.5 Å². The molecule has 0 radical (unpaired) electrons. The van der Waals surface area contributed by atoms with Crippen molar-refractivity contribution in [3.8, 4) is 5.69 Å². The molecule has 1 aromatic heterocycles. The number of aromatic nitrogens is 3. The number of benzene rings is 2. The van der Waals surface area contributed by atoms with E-state index in [4.69, 9.17) is 0 Å². The monoisotopic (exact) mass is 344 g/mol. The number of nitrogens with zero attached hydrogens (tertiary/aromatic N) is 3. The standard InChI is InChI=1S/C17H14F2N4O2/c18-12-7-5-11(6-8-12)9-20-17(25)16-14(10-24)21-23(22-16)15-4-2-1-3-13(15)19/h1-8,24H,9-10H2,(H,20,25). The first-order valence-corrected chi connectivity index (χ1v) is 7.43. The van der Waals surface area contributed by atoms with Gasteiger partial charge in [-0.05, 0) is 29.8 Å². The second-order valence-corrected chi connectivity index (χ2v) is 5.20. The molecule has 0 aliphatic heterocycles. The average molecular weight is 344 g/mol. The number of hydrogen-bond donors (Lipinski definition) is 2. The van der Waals surface area contributed by atoms with Crippen molar-refractivity contribution in [3.05, 3.63) is 77.1 Å². The van der Waals surface area contributed by atoms with Crippen molar-refractivity contribution < 1.29 is 18.7 Å². The summed E-state index contributed by atoms with van der Waals surface area (Å²) >= 11 is 0. The molecule has 3 aromatic rings. The van der Waals surface area contributed by atoms with Gasteiger partial charge in [-0.3, -0.25) is 4.79 Å². The first kappa shape index (κ1) is 16.7. The summed E-state index contributed by atoms with van der Waals surface area (Å²) in [6.07, 6.45) is 0. The molecule has 8 heteroatoms. The number of amides is 1. The lowest BCUT2D eigenvalue weighted by molar-refractivity contribution is 0.0942. The molecule has 0 bridgehead atoms. The van der Waals surface area contributed by atoms with Crippen LogP contribution in [0, 0.1) is 11.6 Å². The van der Waals surface area contributed by atoms with Crippen LogP contribution in [0.3, 0.4) is 0 Å². The lowest BCUT2D eigenvalue weighted by Gasteiger charge is -2.04. The number of carbonyl (C=O) groups is 1. The van der Waals surface area contributed by atoms with E-state index in [1.165, 1.54) is 30.3 Å². The van der Waals surface area contributed by atoms with Crippen molar-refractivity contribution in [1.29, 1.82) is 0 Å². The maximum Gasteiger partial charge on any atom is 0.274 e. The van der Waals surface area contributed by atoms with E-state index >= 15 is 0 Å². The van der Waals surface area contributed by atoms with Crippen molar-refractivity contribution in [3.63, 3.8) is 0 Å². The molecular weight excluding hydrogens is 330 g/mol. The van der Waals surface area contributed by atoms with Crippen LogP contribution >= 0.6 is 0 Å². The van der Waals surface area contributed by atoms with Crippen LogP contribution in [0.5, 0.6) is 0 Å². The molecule has 128 valence electrons. The lowest BCUT2D eigenvalue weighted by atomic mass is 10.2. The predicted octanol–water partition coefficient (Wildman–Crippen LogP) is 1.97. The van der Waals surface area contributed by atoms with Gasteiger partial charge < -0.3 is 10.4 Å². The van der Waals surface area contributed by atoms with E-state index in [1.807, 2.05) is 0 Å². The second-order valence-electron chi connectivity index (χ2n) is 5.20. The molecule has 0 saturated carbocycles. The minimum atomic E-state index is -0.573. The molecule has 1 amide bonds. The minimum absolute atomic E-state index is 0.0276. The number of aliphatic hydroxyl groups is 1. The van der Waals surface area contributed by atoms with Crippen LogP contribution in [-0.2, 0) is 13.2 Å². The molecule has 0 fully saturated rings. The Kier molecular flexibility index (Phi) is 4.80. The van der Waals surface area contributed by atoms with Gasteiger partial charge in [-0.1, -0.05) is 24.3 Å². The maximum atomic E-state index is 13.8. The summed E-state index contributed by atoms with van der Waals surface area (Å²) in [5.41, 5.74) is 0.685. The first-order valence-electron chi connectivity index (χ1n) is 7.43. The Hall–Kier alpha value is -3.13. The van der Waals surface area contributed by atoms with Crippen LogP contribution in [0.2, 0.25) is 0 Å². The number of rotatable bonds is 5. The highest BCUT2D eigenvalue weighted by Crippen LogP contribution is 2.13. The van der Waals surface area contributed by atoms with E-state index in [0.717, 1.165) is 4.80 Å². The fraction of sp³-hybridized carbons (Fsp3) is 0.118. The molecule has 0 unspecified atom stereocenters. The highest BCUT2D eigenvalue weighted by Gasteiger charge is 2.19. The zero-order chi connectivity index (χ0) is 17.8. The normalized spacial score (nSPS) is 10.7. The van der Waals surface area contributed by atoms with Crippen LogP contribution in [0.1, 0.15) is 21.7 Å². The molecular formula is C17H14F2N4O2. The van der Waals surface area contributed by atoms with Crippen molar-refractivity contribution in [1.82, 2.24) is 20.3 Å². The van der Waals surface area contributed by atoms with E-state index in [1.54, 1.807) is 18.2 Å². The number of nitrogens with one attached hydrogen (secondary N) is 1. The SMILES string of the molecule is O=C(NCc1ccc(F)cc1)c1nn(-c2ccccc2F)nc1CO. The molecule has 6 nitrogen and oxygen atoms in total. The summed E-state index contributed by atoms with van der Waals surface area (Å²) in [6, 6.07) is 11.5. The third-order valence-corrected chi connectivity index (χ3v) is 3.48. The molecule has 0 atom stereocenters. The van der Waals surface area contributed by atoms with Crippen molar-refractivity contribution >= 4 is 5.91 Å². The molecule has 0 aliphatic rings. The zero-order valence-corrected chi connectivity index (χ0v) is 13.0. The lowest BCUT2D eigenvalue weighted by Crippen LogP contribution is -2.24. The third kappa shape index (κ3) is 3.69. The number of hydrogen-bond acceptors (Lipinski definition) is 4. The number of aliphatic hydroxyl groups excluding tert-OH is 1. The van der Waals surface area contributed by atoms with Gasteiger partial charge in [0, 0.05) is 6.54 Å². The number of carbonyl (C=O) groups excluding carboxylic acids is 1. The van der Waals surface area contributed by atoms with E-state index < -0.39 is 18.3 Å². The van der Waals surface area contributed by atoms with Gasteiger partial charge in [0.05, 0.1) is 6.61 Å². The van der Waals surface area contributed by atoms with Gasteiger partial charge in [0.1, 0.15) is 17.2 Å². The molecule has 1 heterocycles. The van der Waals surface area contributed by atoms with E-state index in [0.29, 0.717) is 5.56 Å². The molecule has 0 aliphatic carbocycles. The summed E-state index contributed by atoms with van der Waals surface area (Å²) in [4.78, 5) is 13.3. The Labute approximate surface area is 141 Å². The second kappa shape index (κ2) is 7.18. The van der Waals surface area contributed by atoms with Crippen LogP contribution in [-0.4, -0.2) is 26.0 Å². The Morgan fingerprint density at radius 3 is 2.48 bits per heavy atom. The molecule has 0 spiro atoms. The average Bonchev–Trinajstić information content (AvgIpc) is 3.05. The summed E-state index contributed by atoms with van der Waals surface area (Å²) in [5, 5.41) is 19.9. The van der Waals surface area contributed by atoms with Crippen LogP contribution in [0.25, 0.3) is 5.69 Å². The largest absolute Gasteiger partial charge is 0.390 e. The first-order chi connectivity index (χ1) is 12.1. The van der Waals surface area contributed by atoms with Gasteiger partial charge in [0.15, 0.2) is 11.5 Å². The Balaban J connectivity index is 1.80. The third-order valence-electron chi connectivity index (χ3n) is 3.48. The minimum Gasteiger partial charge on any atom is -0.390 e. The predicted molar refractivity (Wildman–Crippen MR) is 84.8 cm³/mol. The summed E-state index contributed by atoms with van der Waals surface area (Å²) in [5.74, 6) is -1.50. The van der Waals surface area contributed by atoms with E-state index in [2.05, 4.69) is 15.5 Å². The molecule has 0 saturated heterocycles. The Bertz CT molecular complexity index is 894. The van der Waals surface area contributed by atoms with Crippen molar-refractivity contribution in [2.75, 3.05) is 0 Å². The van der Waals surface area contributed by atoms with Gasteiger partial charge in [0.2, 0.25) is 0 Å². The van der Waals surface area contributed by atoms with Crippen molar-refractivity contribution in [2.45, 2.75) is 13.2 Å². The quantitative estimate of drug-likeness (QED) is 0.742. The smallest absolute Gasteiger partial charge is 0.274 e. The highest BCUT2D eigenvalue weighted by atomic mass is 19.1. The summed E-state index contributed by atoms with van der Waals surface area (Å²) in [6.45, 7) is -0.371. The van der Waals surface area contributed by atoms with E-state index in [9.17, 15) is 18.7 Å². The van der Waals surface area contributed by atoms with Gasteiger partial charge in [0.25, 0.3) is 5.91 Å². The van der Waals surface area contributed by atoms with Gasteiger partial charge in [-0.25, -0.2) is 8.78 Å².